The Bertz CT molecular complexity index is 1230. The molecule has 0 aromatic heterocycles. The number of anilines is 2. The summed E-state index contributed by atoms with van der Waals surface area (Å²) < 4.78 is 46.3. The highest BCUT2D eigenvalue weighted by molar-refractivity contribution is 7.74. The van der Waals surface area contributed by atoms with Crippen molar-refractivity contribution in [3.63, 3.8) is 0 Å². The van der Waals surface area contributed by atoms with Crippen LogP contribution in [-0.4, -0.2) is 50.6 Å². The molecule has 1 saturated heterocycles. The number of hydrogen-bond donors (Lipinski definition) is 2. The lowest BCUT2D eigenvalue weighted by Crippen LogP contribution is -2.25. The molecule has 4 aliphatic rings. The van der Waals surface area contributed by atoms with Gasteiger partial charge in [-0.3, -0.25) is 0 Å². The number of aromatic carboxylic acids is 1. The molecule has 33 heavy (non-hydrogen) atoms. The minimum Gasteiger partial charge on any atom is -0.492 e. The van der Waals surface area contributed by atoms with Crippen LogP contribution in [0, 0.1) is 23.6 Å². The van der Waals surface area contributed by atoms with Crippen molar-refractivity contribution in [3.8, 4) is 5.75 Å². The van der Waals surface area contributed by atoms with E-state index < -0.39 is 22.7 Å². The van der Waals surface area contributed by atoms with Crippen LogP contribution < -0.4 is 9.04 Å². The second-order valence-electron chi connectivity index (χ2n) is 9.55. The lowest BCUT2D eigenvalue weighted by Gasteiger charge is -2.27. The lowest BCUT2D eigenvalue weighted by molar-refractivity contribution is 0.0692. The van der Waals surface area contributed by atoms with Gasteiger partial charge in [-0.2, -0.15) is 0 Å². The third-order valence-corrected chi connectivity index (χ3v) is 8.59. The first kappa shape index (κ1) is 20.9. The number of carbonyl (C=O) groups is 1. The van der Waals surface area contributed by atoms with Gasteiger partial charge >= 0.3 is 5.97 Å². The Labute approximate surface area is 192 Å². The molecule has 0 amide bonds. The molecule has 0 bridgehead atoms. The van der Waals surface area contributed by atoms with E-state index in [2.05, 4.69) is 11.8 Å². The number of carboxylic acid groups (broad SMARTS) is 1. The second kappa shape index (κ2) is 7.43. The average molecular weight is 473 g/mol. The van der Waals surface area contributed by atoms with E-state index in [1.807, 2.05) is 0 Å². The number of ether oxygens (including phenoxy) is 1. The molecule has 2 unspecified atom stereocenters. The number of rotatable bonds is 6. The van der Waals surface area contributed by atoms with Crippen LogP contribution in [0.3, 0.4) is 0 Å². The summed E-state index contributed by atoms with van der Waals surface area (Å²) >= 11 is 0. The summed E-state index contributed by atoms with van der Waals surface area (Å²) in [4.78, 5) is 14.7. The minimum absolute atomic E-state index is 0.0327. The summed E-state index contributed by atoms with van der Waals surface area (Å²) in [5.41, 5.74) is 1.64. The number of nitrogens with zero attached hydrogens (tertiary/aromatic N) is 2. The molecule has 7 nitrogen and oxygen atoms in total. The van der Waals surface area contributed by atoms with E-state index in [1.54, 1.807) is 12.1 Å². The number of benzene rings is 2. The molecule has 0 radical (unpaired) electrons. The van der Waals surface area contributed by atoms with Crippen LogP contribution in [0.4, 0.5) is 15.8 Å². The quantitative estimate of drug-likeness (QED) is 0.627. The van der Waals surface area contributed by atoms with Gasteiger partial charge in [-0.1, -0.05) is 13.0 Å². The third-order valence-electron chi connectivity index (χ3n) is 7.83. The van der Waals surface area contributed by atoms with Crippen molar-refractivity contribution in [2.24, 2.45) is 17.8 Å². The second-order valence-corrected chi connectivity index (χ2v) is 10.4. The van der Waals surface area contributed by atoms with Gasteiger partial charge in [0.1, 0.15) is 17.1 Å². The van der Waals surface area contributed by atoms with Crippen LogP contribution in [-0.2, 0) is 10.9 Å². The molecule has 2 aliphatic carbocycles. The predicted molar refractivity (Wildman–Crippen MR) is 120 cm³/mol. The van der Waals surface area contributed by atoms with Crippen LogP contribution >= 0.6 is 0 Å². The Balaban J connectivity index is 1.47. The first-order valence-corrected chi connectivity index (χ1v) is 12.5. The number of halogens is 1. The number of fused-ring (bicyclic) bond motifs is 4. The summed E-state index contributed by atoms with van der Waals surface area (Å²) in [5, 5.41) is 10.1. The van der Waals surface area contributed by atoms with E-state index in [9.17, 15) is 22.7 Å². The average Bonchev–Trinajstić information content (AvgIpc) is 3.67. The van der Waals surface area contributed by atoms with Crippen LogP contribution in [0.15, 0.2) is 30.3 Å². The van der Waals surface area contributed by atoms with Crippen molar-refractivity contribution in [2.75, 3.05) is 30.5 Å². The fraction of sp³-hybridized carbons (Fsp3) is 0.458. The normalized spacial score (nSPS) is 29.1. The standard InChI is InChI=1S/C24H25FN2O5S/c1-2-26-9-17-18(10-26)21(17)16-8-13(25)3-5-19(16)27(33(30)31)20-6-4-14-15-7-12(15)11-32-23(14)22(20)24(28)29/h3-6,8,12,15,17-18,21,33H,2,7,9-11H2,1H3,(H,28,29)/t12-,15-,17?,18?,21?/m0/s1. The zero-order chi connectivity index (χ0) is 23.0. The molecule has 2 saturated carbocycles. The Kier molecular flexibility index (Phi) is 4.71. The van der Waals surface area contributed by atoms with Gasteiger partial charge in [0.15, 0.2) is 0 Å². The molecule has 4 atom stereocenters. The molecular formula is C24H25FN2O5S. The molecule has 2 aromatic carbocycles. The van der Waals surface area contributed by atoms with Crippen molar-refractivity contribution >= 4 is 28.2 Å². The predicted octanol–water partition coefficient (Wildman–Crippen LogP) is 3.35. The molecule has 2 aliphatic heterocycles. The van der Waals surface area contributed by atoms with E-state index >= 15 is 0 Å². The fourth-order valence-corrected chi connectivity index (χ4v) is 6.75. The van der Waals surface area contributed by atoms with Gasteiger partial charge in [-0.15, -0.1) is 0 Å². The van der Waals surface area contributed by atoms with Crippen molar-refractivity contribution < 1.29 is 27.4 Å². The van der Waals surface area contributed by atoms with Crippen LogP contribution in [0.2, 0.25) is 0 Å². The fourth-order valence-electron chi connectivity index (χ4n) is 6.05. The monoisotopic (exact) mass is 472 g/mol. The van der Waals surface area contributed by atoms with Crippen molar-refractivity contribution in [3.05, 3.63) is 52.8 Å². The molecule has 1 N–H and O–H groups in total. The topological polar surface area (TPSA) is 87.2 Å². The van der Waals surface area contributed by atoms with E-state index in [1.165, 1.54) is 18.2 Å². The van der Waals surface area contributed by atoms with Crippen molar-refractivity contribution in [2.45, 2.75) is 25.2 Å². The summed E-state index contributed by atoms with van der Waals surface area (Å²) in [6, 6.07) is 7.41. The van der Waals surface area contributed by atoms with Gasteiger partial charge < -0.3 is 14.7 Å². The van der Waals surface area contributed by atoms with Gasteiger partial charge in [0, 0.05) is 19.0 Å². The minimum atomic E-state index is -3.24. The number of carboxylic acids is 1. The third kappa shape index (κ3) is 3.24. The first-order valence-electron chi connectivity index (χ1n) is 11.4. The van der Waals surface area contributed by atoms with Crippen LogP contribution in [0.1, 0.15) is 46.7 Å². The Morgan fingerprint density at radius 3 is 2.58 bits per heavy atom. The number of likely N-dealkylation sites (tertiary alicyclic amines) is 1. The number of hydrogen-bond acceptors (Lipinski definition) is 5. The molecule has 6 rings (SSSR count). The number of thiol groups is 1. The first-order chi connectivity index (χ1) is 15.9. The molecule has 2 aromatic rings. The summed E-state index contributed by atoms with van der Waals surface area (Å²) in [6.45, 7) is 5.30. The summed E-state index contributed by atoms with van der Waals surface area (Å²) in [6.07, 6.45) is 0.951. The Morgan fingerprint density at radius 1 is 1.18 bits per heavy atom. The van der Waals surface area contributed by atoms with Gasteiger partial charge in [0.25, 0.3) is 0 Å². The Morgan fingerprint density at radius 2 is 1.91 bits per heavy atom. The van der Waals surface area contributed by atoms with Crippen molar-refractivity contribution in [1.29, 1.82) is 0 Å². The van der Waals surface area contributed by atoms with E-state index in [0.29, 0.717) is 35.6 Å². The smallest absolute Gasteiger partial charge is 0.341 e. The van der Waals surface area contributed by atoms with Gasteiger partial charge in [0.2, 0.25) is 10.9 Å². The zero-order valence-electron chi connectivity index (χ0n) is 18.1. The molecule has 2 heterocycles. The maximum Gasteiger partial charge on any atom is 0.341 e. The van der Waals surface area contributed by atoms with Gasteiger partial charge in [0.05, 0.1) is 18.0 Å². The zero-order valence-corrected chi connectivity index (χ0v) is 19.0. The van der Waals surface area contributed by atoms with Gasteiger partial charge in [-0.25, -0.2) is 21.9 Å². The molecule has 174 valence electrons. The molecular weight excluding hydrogens is 447 g/mol. The number of piperidine rings is 1. The largest absolute Gasteiger partial charge is 0.492 e. The Hall–Kier alpha value is -2.65. The molecule has 9 heteroatoms. The highest BCUT2D eigenvalue weighted by Gasteiger charge is 2.56. The van der Waals surface area contributed by atoms with E-state index in [4.69, 9.17) is 4.74 Å². The highest BCUT2D eigenvalue weighted by atomic mass is 32.2. The maximum atomic E-state index is 14.3. The molecule has 3 fully saturated rings. The molecule has 0 spiro atoms. The maximum absolute atomic E-state index is 14.3. The van der Waals surface area contributed by atoms with Crippen LogP contribution in [0.5, 0.6) is 5.75 Å². The van der Waals surface area contributed by atoms with Crippen LogP contribution in [0.25, 0.3) is 0 Å². The van der Waals surface area contributed by atoms with E-state index in [-0.39, 0.29) is 28.8 Å². The summed E-state index contributed by atoms with van der Waals surface area (Å²) in [7, 11) is -3.24. The van der Waals surface area contributed by atoms with Crippen molar-refractivity contribution in [1.82, 2.24) is 4.90 Å². The lowest BCUT2D eigenvalue weighted by atomic mass is 9.99. The SMILES string of the molecule is CCN1CC2C(C1)C2c1cc(F)ccc1N(c1ccc2c(c1C(=O)O)OC[C@@H]1C[C@H]21)[SH](=O)=O. The van der Waals surface area contributed by atoms with Gasteiger partial charge in [-0.05, 0) is 72.0 Å². The summed E-state index contributed by atoms with van der Waals surface area (Å²) in [5.74, 6) is 0.0231. The highest BCUT2D eigenvalue weighted by Crippen LogP contribution is 2.61. The van der Waals surface area contributed by atoms with E-state index in [0.717, 1.165) is 35.9 Å².